The first-order valence-corrected chi connectivity index (χ1v) is 6.68. The monoisotopic (exact) mass is 252 g/mol. The summed E-state index contributed by atoms with van der Waals surface area (Å²) in [6, 6.07) is 5.45. The lowest BCUT2D eigenvalue weighted by atomic mass is 10.0. The molecule has 2 nitrogen and oxygen atoms in total. The van der Waals surface area contributed by atoms with Gasteiger partial charge >= 0.3 is 0 Å². The van der Waals surface area contributed by atoms with Crippen molar-refractivity contribution in [3.63, 3.8) is 0 Å². The standard InChI is InChI=1S/C15H25FN2/c1-5-9-17-15(8-10-18(3)4)13-11-12(2)6-7-14(13)16/h6-7,11,15,17H,5,8-10H2,1-4H3. The van der Waals surface area contributed by atoms with Crippen molar-refractivity contribution < 1.29 is 4.39 Å². The first kappa shape index (κ1) is 15.1. The van der Waals surface area contributed by atoms with E-state index in [2.05, 4.69) is 17.1 Å². The Morgan fingerprint density at radius 1 is 1.33 bits per heavy atom. The fourth-order valence-corrected chi connectivity index (χ4v) is 2.00. The van der Waals surface area contributed by atoms with E-state index >= 15 is 0 Å². The summed E-state index contributed by atoms with van der Waals surface area (Å²) in [5.74, 6) is -0.104. The SMILES string of the molecule is CCCNC(CCN(C)C)c1cc(C)ccc1F. The van der Waals surface area contributed by atoms with Crippen LogP contribution in [0.4, 0.5) is 4.39 Å². The van der Waals surface area contributed by atoms with Gasteiger partial charge in [-0.2, -0.15) is 0 Å². The Balaban J connectivity index is 2.82. The Bertz CT molecular complexity index is 364. The molecule has 1 unspecified atom stereocenters. The van der Waals surface area contributed by atoms with Crippen molar-refractivity contribution in [2.24, 2.45) is 0 Å². The predicted molar refractivity (Wildman–Crippen MR) is 75.3 cm³/mol. The Hall–Kier alpha value is -0.930. The van der Waals surface area contributed by atoms with Gasteiger partial charge in [0, 0.05) is 11.6 Å². The zero-order valence-electron chi connectivity index (χ0n) is 12.0. The maximum Gasteiger partial charge on any atom is 0.127 e. The number of nitrogens with one attached hydrogen (secondary N) is 1. The van der Waals surface area contributed by atoms with Gasteiger partial charge in [-0.15, -0.1) is 0 Å². The summed E-state index contributed by atoms with van der Waals surface area (Å²) in [6.45, 7) is 6.01. The molecule has 0 heterocycles. The van der Waals surface area contributed by atoms with E-state index < -0.39 is 0 Å². The second-order valence-electron chi connectivity index (χ2n) is 5.12. The Morgan fingerprint density at radius 3 is 2.67 bits per heavy atom. The fourth-order valence-electron chi connectivity index (χ4n) is 2.00. The quantitative estimate of drug-likeness (QED) is 0.802. The molecular weight excluding hydrogens is 227 g/mol. The predicted octanol–water partition coefficient (Wildman–Crippen LogP) is 3.13. The van der Waals surface area contributed by atoms with Gasteiger partial charge in [0.1, 0.15) is 5.82 Å². The number of rotatable bonds is 7. The average molecular weight is 252 g/mol. The van der Waals surface area contributed by atoms with Gasteiger partial charge < -0.3 is 10.2 Å². The van der Waals surface area contributed by atoms with Crippen LogP contribution in [0, 0.1) is 12.7 Å². The van der Waals surface area contributed by atoms with Gasteiger partial charge in [0.2, 0.25) is 0 Å². The van der Waals surface area contributed by atoms with Crippen LogP contribution in [-0.2, 0) is 0 Å². The number of benzene rings is 1. The minimum Gasteiger partial charge on any atom is -0.310 e. The van der Waals surface area contributed by atoms with Crippen molar-refractivity contribution >= 4 is 0 Å². The molecular formula is C15H25FN2. The van der Waals surface area contributed by atoms with Crippen LogP contribution in [0.2, 0.25) is 0 Å². The van der Waals surface area contributed by atoms with Crippen molar-refractivity contribution in [1.82, 2.24) is 10.2 Å². The van der Waals surface area contributed by atoms with Crippen molar-refractivity contribution in [1.29, 1.82) is 0 Å². The van der Waals surface area contributed by atoms with Crippen molar-refractivity contribution in [2.75, 3.05) is 27.2 Å². The van der Waals surface area contributed by atoms with Crippen LogP contribution >= 0.6 is 0 Å². The molecule has 0 aliphatic rings. The molecule has 1 N–H and O–H groups in total. The van der Waals surface area contributed by atoms with Crippen LogP contribution in [0.5, 0.6) is 0 Å². The summed E-state index contributed by atoms with van der Waals surface area (Å²) in [7, 11) is 4.09. The summed E-state index contributed by atoms with van der Waals surface area (Å²) >= 11 is 0. The molecule has 0 aromatic heterocycles. The van der Waals surface area contributed by atoms with Crippen molar-refractivity contribution in [2.45, 2.75) is 32.7 Å². The fraction of sp³-hybridized carbons (Fsp3) is 0.600. The van der Waals surface area contributed by atoms with Gasteiger partial charge in [0.25, 0.3) is 0 Å². The van der Waals surface area contributed by atoms with Crippen LogP contribution in [0.1, 0.15) is 36.9 Å². The molecule has 0 amide bonds. The third kappa shape index (κ3) is 4.75. The van der Waals surface area contributed by atoms with Gasteiger partial charge in [0.05, 0.1) is 0 Å². The highest BCUT2D eigenvalue weighted by molar-refractivity contribution is 5.27. The summed E-state index contributed by atoms with van der Waals surface area (Å²) in [5.41, 5.74) is 1.91. The second kappa shape index (κ2) is 7.49. The largest absolute Gasteiger partial charge is 0.310 e. The lowest BCUT2D eigenvalue weighted by Crippen LogP contribution is -2.27. The summed E-state index contributed by atoms with van der Waals surface area (Å²) < 4.78 is 13.9. The third-order valence-electron chi connectivity index (χ3n) is 3.03. The van der Waals surface area contributed by atoms with Crippen molar-refractivity contribution in [3.8, 4) is 0 Å². The highest BCUT2D eigenvalue weighted by atomic mass is 19.1. The number of aryl methyl sites for hydroxylation is 1. The van der Waals surface area contributed by atoms with Gasteiger partial charge in [-0.1, -0.05) is 24.6 Å². The lowest BCUT2D eigenvalue weighted by molar-refractivity contribution is 0.356. The Morgan fingerprint density at radius 2 is 2.06 bits per heavy atom. The van der Waals surface area contributed by atoms with Crippen LogP contribution in [0.15, 0.2) is 18.2 Å². The van der Waals surface area contributed by atoms with Crippen molar-refractivity contribution in [3.05, 3.63) is 35.1 Å². The van der Waals surface area contributed by atoms with Gasteiger partial charge in [-0.3, -0.25) is 0 Å². The van der Waals surface area contributed by atoms with E-state index in [0.29, 0.717) is 0 Å². The van der Waals surface area contributed by atoms with Gasteiger partial charge in [0.15, 0.2) is 0 Å². The molecule has 0 spiro atoms. The average Bonchev–Trinajstić information content (AvgIpc) is 2.32. The summed E-state index contributed by atoms with van der Waals surface area (Å²) in [6.07, 6.45) is 1.99. The first-order valence-electron chi connectivity index (χ1n) is 6.68. The number of hydrogen-bond donors (Lipinski definition) is 1. The molecule has 0 saturated heterocycles. The maximum absolute atomic E-state index is 13.9. The lowest BCUT2D eigenvalue weighted by Gasteiger charge is -2.22. The molecule has 1 aromatic carbocycles. The molecule has 0 aliphatic carbocycles. The zero-order chi connectivity index (χ0) is 13.5. The molecule has 102 valence electrons. The molecule has 0 bridgehead atoms. The Kier molecular flexibility index (Phi) is 6.30. The van der Waals surface area contributed by atoms with Crippen LogP contribution in [0.3, 0.4) is 0 Å². The van der Waals surface area contributed by atoms with E-state index in [1.54, 1.807) is 6.07 Å². The van der Waals surface area contributed by atoms with E-state index in [4.69, 9.17) is 0 Å². The minimum absolute atomic E-state index is 0.104. The molecule has 0 aliphatic heterocycles. The highest BCUT2D eigenvalue weighted by Crippen LogP contribution is 2.21. The van der Waals surface area contributed by atoms with E-state index in [9.17, 15) is 4.39 Å². The third-order valence-corrected chi connectivity index (χ3v) is 3.03. The van der Waals surface area contributed by atoms with E-state index in [1.165, 1.54) is 0 Å². The van der Waals surface area contributed by atoms with Gasteiger partial charge in [-0.25, -0.2) is 4.39 Å². The van der Waals surface area contributed by atoms with E-state index in [0.717, 1.165) is 37.1 Å². The molecule has 3 heteroatoms. The highest BCUT2D eigenvalue weighted by Gasteiger charge is 2.15. The first-order chi connectivity index (χ1) is 8.54. The molecule has 1 rings (SSSR count). The van der Waals surface area contributed by atoms with Crippen LogP contribution in [0.25, 0.3) is 0 Å². The van der Waals surface area contributed by atoms with Crippen LogP contribution < -0.4 is 5.32 Å². The molecule has 0 saturated carbocycles. The summed E-state index contributed by atoms with van der Waals surface area (Å²) in [5, 5.41) is 3.44. The minimum atomic E-state index is -0.104. The van der Waals surface area contributed by atoms with E-state index in [-0.39, 0.29) is 11.9 Å². The van der Waals surface area contributed by atoms with Crippen LogP contribution in [-0.4, -0.2) is 32.1 Å². The molecule has 0 fully saturated rings. The molecule has 0 radical (unpaired) electrons. The second-order valence-corrected chi connectivity index (χ2v) is 5.12. The number of hydrogen-bond acceptors (Lipinski definition) is 2. The topological polar surface area (TPSA) is 15.3 Å². The van der Waals surface area contributed by atoms with Gasteiger partial charge in [-0.05, 0) is 53.0 Å². The Labute approximate surface area is 110 Å². The normalized spacial score (nSPS) is 13.0. The summed E-state index contributed by atoms with van der Waals surface area (Å²) in [4.78, 5) is 2.13. The zero-order valence-corrected chi connectivity index (χ0v) is 12.0. The smallest absolute Gasteiger partial charge is 0.127 e. The van der Waals surface area contributed by atoms with E-state index in [1.807, 2.05) is 33.2 Å². The molecule has 1 aromatic rings. The maximum atomic E-state index is 13.9. The number of nitrogens with zero attached hydrogens (tertiary/aromatic N) is 1. The molecule has 18 heavy (non-hydrogen) atoms. The number of halogens is 1. The molecule has 1 atom stereocenters.